The van der Waals surface area contributed by atoms with Crippen LogP contribution < -0.4 is 27.0 Å². The van der Waals surface area contributed by atoms with E-state index in [1.165, 1.54) is 141 Å². The van der Waals surface area contributed by atoms with Crippen molar-refractivity contribution in [2.45, 2.75) is 348 Å². The van der Waals surface area contributed by atoms with Gasteiger partial charge in [-0.2, -0.15) is 0 Å². The Morgan fingerprint density at radius 3 is 1.26 bits per heavy atom. The van der Waals surface area contributed by atoms with Crippen LogP contribution in [0.15, 0.2) is 189 Å². The minimum absolute atomic E-state index is 0. The van der Waals surface area contributed by atoms with Crippen LogP contribution in [0, 0.1) is 81.3 Å². The van der Waals surface area contributed by atoms with Gasteiger partial charge in [-0.3, -0.25) is 19.9 Å². The zero-order chi connectivity index (χ0) is 89.3. The van der Waals surface area contributed by atoms with Crippen molar-refractivity contribution >= 4 is 11.4 Å². The van der Waals surface area contributed by atoms with Gasteiger partial charge in [0.05, 0.1) is 0 Å². The van der Waals surface area contributed by atoms with Crippen molar-refractivity contribution in [2.24, 2.45) is 61.4 Å². The Labute approximate surface area is 736 Å². The van der Waals surface area contributed by atoms with Crippen LogP contribution >= 0.6 is 0 Å². The molecule has 11 rings (SSSR count). The second kappa shape index (κ2) is 57.4. The second-order valence-electron chi connectivity index (χ2n) is 43.6. The van der Waals surface area contributed by atoms with Crippen molar-refractivity contribution in [3.05, 3.63) is 228 Å². The van der Waals surface area contributed by atoms with Gasteiger partial charge in [-0.25, -0.2) is 0 Å². The molecule has 3 aliphatic carbocycles. The first-order valence-electron chi connectivity index (χ1n) is 45.3. The smallest absolute Gasteiger partial charge is 0.0371 e. The first kappa shape index (κ1) is 112. The Balaban J connectivity index is 0.00000129. The number of piperidine rings is 1. The molecule has 9 nitrogen and oxygen atoms in total. The van der Waals surface area contributed by atoms with Gasteiger partial charge in [0.2, 0.25) is 0 Å². The van der Waals surface area contributed by atoms with E-state index >= 15 is 0 Å². The van der Waals surface area contributed by atoms with Crippen LogP contribution in [0.2, 0.25) is 0 Å². The zero-order valence-corrected chi connectivity index (χ0v) is 81.9. The summed E-state index contributed by atoms with van der Waals surface area (Å²) in [5.41, 5.74) is 21.2. The summed E-state index contributed by atoms with van der Waals surface area (Å²) >= 11 is 0. The number of benzene rings is 3. The van der Waals surface area contributed by atoms with Gasteiger partial charge in [-0.15, -0.1) is 5.92 Å². The number of hydrogen-bond donors (Lipinski definition) is 5. The molecule has 4 fully saturated rings. The van der Waals surface area contributed by atoms with E-state index in [1.54, 1.807) is 12.4 Å². The van der Waals surface area contributed by atoms with Gasteiger partial charge in [0.25, 0.3) is 0 Å². The maximum absolute atomic E-state index is 5.57. The summed E-state index contributed by atoms with van der Waals surface area (Å²) in [6.07, 6.45) is 37.4. The third-order valence-corrected chi connectivity index (χ3v) is 20.4. The molecule has 6 N–H and O–H groups in total. The highest BCUT2D eigenvalue weighted by atomic mass is 15.0. The minimum Gasteiger partial charge on any atom is -0.385 e. The highest BCUT2D eigenvalue weighted by molar-refractivity contribution is 5.42. The van der Waals surface area contributed by atoms with Gasteiger partial charge < -0.3 is 27.0 Å². The summed E-state index contributed by atoms with van der Waals surface area (Å²) < 4.78 is 0. The number of allylic oxidation sites excluding steroid dienone is 2. The fraction of sp³-hybridized carbons (Fsp3) is 0.618. The maximum Gasteiger partial charge on any atom is 0.0371 e. The second-order valence-corrected chi connectivity index (χ2v) is 43.6. The standard InChI is InChI=1S/C12H19N.C11H24N2.C11H18N2.C11H16.C10H15N.C10H18.C10H16.C10H14.C9H13N.C8H11N.C7H15N.CH4/c1-12(2,3)9-10-13-11-7-5-4-6-8-11;2*1-11(2,3)6-9-13-10-4-7-12-8-5-10;1-9-5-7-10(8-6-9)11(2,3)4;1-10(2,3)8-9-4-6-11-7-5-9;2*1-10(2,3)8-4-5-9-6-7-9;1-10(2,3)9-7-5-4-6-8-9;1-7(2)9-4-5-10-6-8(9)3;1-7(2)8-3-5-9-6-4-8;1-6(2)7(5-8)3-4-7;/h4-8,13H,9-10H2,1-3H3;10,12-13H,4-9H2,1-3H3;4-5,7-8H,6,9H2,1-3H3,(H,12,13);5-8H,1-4H3;4-7H,8H2,1-3H3;4-5,9H,6-8H2,1-3H3;9H,6-8H2,1-3H3;4-8H,1-3H3;4-7H,1-3H3;3-7H,1-2H3;6H,3-5,8H2,1-2H3;1H4/b;;;;;5-4+;;;;;;. The molecule has 0 amide bonds. The Bertz CT molecular complexity index is 3610. The van der Waals surface area contributed by atoms with Crippen LogP contribution in [0.1, 0.15) is 349 Å². The van der Waals surface area contributed by atoms with Crippen LogP contribution in [-0.2, 0) is 17.3 Å². The lowest BCUT2D eigenvalue weighted by molar-refractivity contribution is 0.329. The van der Waals surface area contributed by atoms with Crippen molar-refractivity contribution in [2.75, 3.05) is 49.9 Å². The average molecular weight is 1630 g/mol. The lowest BCUT2D eigenvalue weighted by Gasteiger charge is -2.26. The lowest BCUT2D eigenvalue weighted by Crippen LogP contribution is -2.40. The molecule has 0 bridgehead atoms. The van der Waals surface area contributed by atoms with Crippen LogP contribution in [0.5, 0.6) is 0 Å². The molecule has 0 spiro atoms. The molecule has 1 aliphatic heterocycles. The lowest BCUT2D eigenvalue weighted by atomic mass is 9.87. The third-order valence-electron chi connectivity index (χ3n) is 20.4. The van der Waals surface area contributed by atoms with Crippen molar-refractivity contribution in [3.63, 3.8) is 0 Å². The first-order valence-corrected chi connectivity index (χ1v) is 45.3. The van der Waals surface area contributed by atoms with E-state index in [1.807, 2.05) is 67.5 Å². The van der Waals surface area contributed by atoms with Crippen molar-refractivity contribution in [1.29, 1.82) is 0 Å². The molecule has 4 aromatic heterocycles. The average Bonchev–Trinajstić information content (AvgIpc) is 1.66. The number of hydrogen-bond acceptors (Lipinski definition) is 9. The van der Waals surface area contributed by atoms with Gasteiger partial charge >= 0.3 is 0 Å². The summed E-state index contributed by atoms with van der Waals surface area (Å²) in [6.45, 7) is 78.1. The topological polar surface area (TPSA) is 126 Å². The Morgan fingerprint density at radius 2 is 0.908 bits per heavy atom. The van der Waals surface area contributed by atoms with E-state index in [0.717, 1.165) is 62.0 Å². The zero-order valence-electron chi connectivity index (χ0n) is 81.9. The quantitative estimate of drug-likeness (QED) is 0.0475. The number of nitrogens with one attached hydrogen (secondary N) is 4. The van der Waals surface area contributed by atoms with Crippen LogP contribution in [0.25, 0.3) is 0 Å². The fourth-order valence-corrected chi connectivity index (χ4v) is 11.6. The maximum atomic E-state index is 5.57. The molecule has 0 atom stereocenters. The normalized spacial score (nSPS) is 14.3. The number of nitrogens with zero attached hydrogens (tertiary/aromatic N) is 4. The number of aryl methyl sites for hydroxylation is 2. The predicted octanol–water partition coefficient (Wildman–Crippen LogP) is 30.1. The summed E-state index contributed by atoms with van der Waals surface area (Å²) in [5, 5.41) is 13.8. The predicted molar refractivity (Wildman–Crippen MR) is 530 cm³/mol. The van der Waals surface area contributed by atoms with Gasteiger partial charge in [0, 0.05) is 92.4 Å². The molecular formula is C110H183N9. The van der Waals surface area contributed by atoms with E-state index in [-0.39, 0.29) is 12.8 Å². The SMILES string of the molecule is C.CC(C)(C)C/C=C/C1CC1.CC(C)(C)CC#CC1CC1.CC(C)(C)CCNC1CCNCC1.CC(C)(C)CCNc1ccccc1.CC(C)(C)CCNc1ccncc1.CC(C)(C)Cc1ccncc1.CC(C)(C)c1ccccc1.CC(C)C1(CN)CC1.CC(C)c1ccncc1.Cc1ccc(C(C)(C)C)cc1.Cc1cnccc1C(C)C. The number of pyridine rings is 4. The highest BCUT2D eigenvalue weighted by Crippen LogP contribution is 2.50. The number of para-hydroxylation sites is 1. The minimum atomic E-state index is 0. The summed E-state index contributed by atoms with van der Waals surface area (Å²) in [4.78, 5) is 15.9. The summed E-state index contributed by atoms with van der Waals surface area (Å²) in [5.74, 6) is 10.2. The van der Waals surface area contributed by atoms with E-state index in [2.05, 4.69) is 384 Å². The van der Waals surface area contributed by atoms with Crippen molar-refractivity contribution < 1.29 is 0 Å². The van der Waals surface area contributed by atoms with Gasteiger partial charge in [-0.1, -0.05) is 312 Å². The van der Waals surface area contributed by atoms with Crippen molar-refractivity contribution in [3.8, 4) is 11.8 Å². The molecule has 668 valence electrons. The van der Waals surface area contributed by atoms with E-state index in [0.29, 0.717) is 55.2 Å². The monoisotopic (exact) mass is 1630 g/mol. The molecular weight excluding hydrogens is 1450 g/mol. The fourth-order valence-electron chi connectivity index (χ4n) is 11.6. The van der Waals surface area contributed by atoms with Gasteiger partial charge in [0.15, 0.2) is 0 Å². The molecule has 5 heterocycles. The molecule has 4 aliphatic rings. The van der Waals surface area contributed by atoms with Gasteiger partial charge in [0.1, 0.15) is 0 Å². The number of aromatic nitrogens is 4. The molecule has 0 unspecified atom stereocenters. The molecule has 9 heteroatoms. The summed E-state index contributed by atoms with van der Waals surface area (Å²) in [6, 6.07) is 44.7. The van der Waals surface area contributed by atoms with Crippen molar-refractivity contribution in [1.82, 2.24) is 30.6 Å². The third kappa shape index (κ3) is 65.4. The molecule has 3 saturated carbocycles. The van der Waals surface area contributed by atoms with Crippen LogP contribution in [0.4, 0.5) is 11.4 Å². The molecule has 1 saturated heterocycles. The van der Waals surface area contributed by atoms with E-state index < -0.39 is 0 Å². The first-order chi connectivity index (χ1) is 54.8. The largest absolute Gasteiger partial charge is 0.385 e. The van der Waals surface area contributed by atoms with E-state index in [4.69, 9.17) is 5.73 Å². The Hall–Kier alpha value is -6.96. The number of anilines is 2. The Kier molecular flexibility index (Phi) is 54.1. The summed E-state index contributed by atoms with van der Waals surface area (Å²) in [7, 11) is 0. The molecule has 7 aromatic rings. The van der Waals surface area contributed by atoms with Gasteiger partial charge in [-0.05, 0) is 284 Å². The highest BCUT2D eigenvalue weighted by Gasteiger charge is 2.43. The van der Waals surface area contributed by atoms with Crippen LogP contribution in [-0.4, -0.2) is 65.2 Å². The molecule has 0 radical (unpaired) electrons. The van der Waals surface area contributed by atoms with E-state index in [9.17, 15) is 0 Å². The number of nitrogens with two attached hydrogens (primary N) is 1. The number of rotatable bonds is 16. The Morgan fingerprint density at radius 1 is 0.471 bits per heavy atom. The molecule has 3 aromatic carbocycles. The molecule has 119 heavy (non-hydrogen) atoms. The van der Waals surface area contributed by atoms with Crippen LogP contribution in [0.3, 0.4) is 0 Å².